The Kier molecular flexibility index (Phi) is 21.2. The molecule has 2 fully saturated rings. The van der Waals surface area contributed by atoms with Gasteiger partial charge in [-0.3, -0.25) is 14.9 Å². The minimum atomic E-state index is -1.04. The van der Waals surface area contributed by atoms with Crippen molar-refractivity contribution in [3.63, 3.8) is 0 Å². The molecule has 4 aliphatic heterocycles. The molecule has 71 heavy (non-hydrogen) atoms. The molecule has 2 saturated heterocycles. The Hall–Kier alpha value is -5.00. The monoisotopic (exact) mass is 1150 g/mol. The Labute approximate surface area is 445 Å². The van der Waals surface area contributed by atoms with Crippen molar-refractivity contribution in [1.82, 2.24) is 25.5 Å². The van der Waals surface area contributed by atoms with Crippen molar-refractivity contribution in [2.45, 2.75) is 43.6 Å². The van der Waals surface area contributed by atoms with Crippen molar-refractivity contribution in [2.75, 3.05) is 52.4 Å². The number of rotatable bonds is 13. The fraction of sp³-hybridized carbons (Fsp3) is 0.319. The number of nitrogens with zero attached hydrogens (tertiary/aromatic N) is 5. The molecule has 0 saturated carbocycles. The molecule has 4 N–H and O–H groups in total. The van der Waals surface area contributed by atoms with Gasteiger partial charge in [0.05, 0.1) is 44.2 Å². The Bertz CT molecular complexity index is 2730. The minimum Gasteiger partial charge on any atom is -0.478 e. The fourth-order valence-electron chi connectivity index (χ4n) is 7.43. The van der Waals surface area contributed by atoms with E-state index in [4.69, 9.17) is 80.6 Å². The SMILES string of the molecule is COC(=O)C1=C(CBr)NC(c2nccs2)=N[C@H]1c1ccc(Cl)cc1Cl.COC(=O)C1=C(CN2CCO[C@H](/C=C/C(=O)O)C2)NC(c2nccs2)=N[C@H]1c1ccc(Cl)cc1Cl.O=C(O)/C=C/[C@@H]1CCCCO1. The van der Waals surface area contributed by atoms with Crippen LogP contribution in [0.4, 0.5) is 0 Å². The number of ether oxygens (including phenoxy) is 4. The molecule has 2 aromatic carbocycles. The number of esters is 2. The number of benzene rings is 2. The second-order valence-corrected chi connectivity index (χ2v) is 19.4. The fourth-order valence-corrected chi connectivity index (χ4v) is 10.1. The third-order valence-corrected chi connectivity index (χ3v) is 13.9. The number of thiazole rings is 2. The van der Waals surface area contributed by atoms with Crippen LogP contribution in [0.15, 0.2) is 116 Å². The molecule has 0 radical (unpaired) electrons. The number of alkyl halides is 1. The number of carbonyl (C=O) groups excluding carboxylic acids is 2. The van der Waals surface area contributed by atoms with Crippen molar-refractivity contribution in [3.05, 3.63) is 148 Å². The Morgan fingerprint density at radius 2 is 1.27 bits per heavy atom. The molecule has 0 amide bonds. The molecule has 4 aromatic rings. The number of methoxy groups -OCH3 is 2. The van der Waals surface area contributed by atoms with Crippen LogP contribution < -0.4 is 10.6 Å². The van der Waals surface area contributed by atoms with Crippen molar-refractivity contribution in [2.24, 2.45) is 9.98 Å². The van der Waals surface area contributed by atoms with Crippen molar-refractivity contribution in [3.8, 4) is 0 Å². The third kappa shape index (κ3) is 15.5. The lowest BCUT2D eigenvalue weighted by Crippen LogP contribution is -2.46. The number of carbonyl (C=O) groups is 4. The molecular formula is C47H46BrCl4N7O10S2. The van der Waals surface area contributed by atoms with Gasteiger partial charge in [0.15, 0.2) is 21.7 Å². The van der Waals surface area contributed by atoms with Gasteiger partial charge >= 0.3 is 23.9 Å². The molecular weight excluding hydrogens is 1110 g/mol. The van der Waals surface area contributed by atoms with E-state index in [2.05, 4.69) is 46.4 Å². The van der Waals surface area contributed by atoms with Crippen LogP contribution in [0.1, 0.15) is 52.5 Å². The largest absolute Gasteiger partial charge is 0.478 e. The first-order chi connectivity index (χ1) is 34.2. The lowest BCUT2D eigenvalue weighted by atomic mass is 9.95. The second-order valence-electron chi connectivity index (χ2n) is 15.4. The van der Waals surface area contributed by atoms with E-state index in [1.807, 2.05) is 10.8 Å². The number of allylic oxidation sites excluding steroid dienone is 1. The van der Waals surface area contributed by atoms with Gasteiger partial charge in [-0.2, -0.15) is 0 Å². The number of nitrogens with one attached hydrogen (secondary N) is 2. The number of hydrogen-bond donors (Lipinski definition) is 4. The maximum absolute atomic E-state index is 13.0. The highest BCUT2D eigenvalue weighted by molar-refractivity contribution is 9.09. The number of aromatic nitrogens is 2. The number of aliphatic carboxylic acids is 2. The summed E-state index contributed by atoms with van der Waals surface area (Å²) in [5.74, 6) is -1.87. The summed E-state index contributed by atoms with van der Waals surface area (Å²) in [7, 11) is 2.65. The zero-order chi connectivity index (χ0) is 51.0. The van der Waals surface area contributed by atoms with Crippen molar-refractivity contribution in [1.29, 1.82) is 0 Å². The van der Waals surface area contributed by atoms with Gasteiger partial charge in [0.25, 0.3) is 0 Å². The number of halogens is 5. The first-order valence-corrected chi connectivity index (χ1v) is 25.9. The summed E-state index contributed by atoms with van der Waals surface area (Å²) in [6.07, 6.45) is 11.5. The molecule has 376 valence electrons. The highest BCUT2D eigenvalue weighted by atomic mass is 79.9. The normalized spacial score (nSPS) is 20.4. The number of carboxylic acids is 2. The van der Waals surface area contributed by atoms with Gasteiger partial charge in [0.1, 0.15) is 12.1 Å². The molecule has 0 unspecified atom stereocenters. The van der Waals surface area contributed by atoms with Crippen LogP contribution in [0.3, 0.4) is 0 Å². The number of carboxylic acid groups (broad SMARTS) is 2. The predicted molar refractivity (Wildman–Crippen MR) is 277 cm³/mol. The van der Waals surface area contributed by atoms with Gasteiger partial charge in [-0.1, -0.05) is 74.5 Å². The zero-order valence-electron chi connectivity index (χ0n) is 37.9. The minimum absolute atomic E-state index is 0.0276. The van der Waals surface area contributed by atoms with E-state index >= 15 is 0 Å². The summed E-state index contributed by atoms with van der Waals surface area (Å²) in [6, 6.07) is 8.78. The highest BCUT2D eigenvalue weighted by Gasteiger charge is 2.36. The van der Waals surface area contributed by atoms with Crippen LogP contribution in [-0.2, 0) is 38.1 Å². The first-order valence-electron chi connectivity index (χ1n) is 21.5. The van der Waals surface area contributed by atoms with Gasteiger partial charge in [0.2, 0.25) is 0 Å². The van der Waals surface area contributed by atoms with E-state index in [9.17, 15) is 19.2 Å². The molecule has 4 aliphatic rings. The van der Waals surface area contributed by atoms with Gasteiger partial charge in [0, 0.05) is 109 Å². The highest BCUT2D eigenvalue weighted by Crippen LogP contribution is 2.39. The topological polar surface area (TPSA) is 223 Å². The van der Waals surface area contributed by atoms with E-state index in [1.54, 1.807) is 54.9 Å². The van der Waals surface area contributed by atoms with Crippen LogP contribution >= 0.6 is 85.0 Å². The van der Waals surface area contributed by atoms with E-state index in [-0.39, 0.29) is 12.2 Å². The molecule has 2 aromatic heterocycles. The Balaban J connectivity index is 0.000000198. The summed E-state index contributed by atoms with van der Waals surface area (Å²) < 4.78 is 21.0. The van der Waals surface area contributed by atoms with Crippen LogP contribution in [0, 0.1) is 0 Å². The number of amidine groups is 2. The maximum atomic E-state index is 13.0. The average molecular weight is 1150 g/mol. The van der Waals surface area contributed by atoms with Crippen molar-refractivity contribution < 1.29 is 48.3 Å². The lowest BCUT2D eigenvalue weighted by molar-refractivity contribution is -0.137. The second kappa shape index (κ2) is 27.2. The quantitative estimate of drug-likeness (QED) is 0.0558. The molecule has 0 bridgehead atoms. The zero-order valence-corrected chi connectivity index (χ0v) is 44.1. The standard InChI is InChI=1S/C23H22Cl2N4O5S.C16H12BrCl2N3O2S.C8H12O3/c1-33-23(32)19-17(12-29-7-8-34-14(11-29)3-5-18(30)31)27-21(22-26-6-9-35-22)28-20(19)15-4-2-13(24)10-16(15)25;1-24-16(23)12-11(7-17)21-14(15-20-4-5-25-15)22-13(12)9-3-2-8(18)6-10(9)19;9-8(10)5-4-7-3-1-2-6-11-7/h2-6,9-10,14,20H,7-8,11-12H2,1H3,(H,27,28)(H,30,31);2-6,13H,7H2,1H3,(H,21,22);4-5,7H,1-3,6H2,(H,9,10)/b5-3+;;5-4+/t14-,20+;13-;7-/m100/s1. The van der Waals surface area contributed by atoms with Crippen LogP contribution in [0.2, 0.25) is 20.1 Å². The molecule has 0 spiro atoms. The maximum Gasteiger partial charge on any atom is 0.338 e. The van der Waals surface area contributed by atoms with Crippen molar-refractivity contribution >= 4 is 121 Å². The molecule has 17 nitrogen and oxygen atoms in total. The van der Waals surface area contributed by atoms with Crippen LogP contribution in [-0.4, -0.2) is 125 Å². The Morgan fingerprint density at radius 3 is 1.72 bits per heavy atom. The summed E-state index contributed by atoms with van der Waals surface area (Å²) >= 11 is 31.3. The number of hydrogen-bond acceptors (Lipinski definition) is 17. The van der Waals surface area contributed by atoms with Gasteiger partial charge in [-0.25, -0.2) is 29.1 Å². The van der Waals surface area contributed by atoms with Gasteiger partial charge < -0.3 is 39.8 Å². The average Bonchev–Trinajstić information content (AvgIpc) is 4.12. The predicted octanol–water partition coefficient (Wildman–Crippen LogP) is 8.87. The van der Waals surface area contributed by atoms with E-state index in [0.717, 1.165) is 43.0 Å². The van der Waals surface area contributed by atoms with E-state index < -0.39 is 36.0 Å². The van der Waals surface area contributed by atoms with Crippen LogP contribution in [0.25, 0.3) is 0 Å². The lowest BCUT2D eigenvalue weighted by Gasteiger charge is -2.34. The Morgan fingerprint density at radius 1 is 0.761 bits per heavy atom. The molecule has 0 aliphatic carbocycles. The molecule has 8 rings (SSSR count). The smallest absolute Gasteiger partial charge is 0.338 e. The van der Waals surface area contributed by atoms with E-state index in [1.165, 1.54) is 43.0 Å². The van der Waals surface area contributed by atoms with Gasteiger partial charge in [-0.05, 0) is 55.7 Å². The number of aliphatic imine (C=N–C) groups is 2. The molecule has 24 heteroatoms. The molecule has 6 heterocycles. The van der Waals surface area contributed by atoms with Gasteiger partial charge in [-0.15, -0.1) is 22.7 Å². The summed E-state index contributed by atoms with van der Waals surface area (Å²) in [5.41, 5.74) is 3.23. The number of morpholine rings is 1. The summed E-state index contributed by atoms with van der Waals surface area (Å²) in [5, 5.41) is 30.9. The first kappa shape index (κ1) is 55.3. The third-order valence-electron chi connectivity index (χ3n) is 10.7. The van der Waals surface area contributed by atoms with E-state index in [0.29, 0.717) is 102 Å². The summed E-state index contributed by atoms with van der Waals surface area (Å²) in [6.45, 7) is 2.55. The van der Waals surface area contributed by atoms with Crippen LogP contribution in [0.5, 0.6) is 0 Å². The molecule has 4 atom stereocenters. The summed E-state index contributed by atoms with van der Waals surface area (Å²) in [4.78, 5) is 66.6.